The van der Waals surface area contributed by atoms with Gasteiger partial charge >= 0.3 is 0 Å². The van der Waals surface area contributed by atoms with E-state index in [-0.39, 0.29) is 0 Å². The highest BCUT2D eigenvalue weighted by Crippen LogP contribution is 2.03. The monoisotopic (exact) mass is 176 g/mol. The Kier molecular flexibility index (Phi) is 10.2. The number of carbonyl (C=O) groups excluding carboxylic acids is 1. The zero-order valence-corrected chi connectivity index (χ0v) is 8.55. The molecule has 0 aromatic carbocycles. The zero-order valence-electron chi connectivity index (χ0n) is 8.55. The number of aliphatic hydroxyl groups is 1. The summed E-state index contributed by atoms with van der Waals surface area (Å²) in [6.07, 6.45) is 0. The lowest BCUT2D eigenvalue weighted by molar-refractivity contribution is -0.923. The summed E-state index contributed by atoms with van der Waals surface area (Å²) in [5.74, 6) is 0. The van der Waals surface area contributed by atoms with Crippen LogP contribution in [-0.2, 0) is 4.79 Å². The summed E-state index contributed by atoms with van der Waals surface area (Å²) in [5.41, 5.74) is 0. The number of quaternary nitrogens is 1. The fourth-order valence-electron chi connectivity index (χ4n) is 1.36. The van der Waals surface area contributed by atoms with E-state index in [1.165, 1.54) is 0 Å². The molecule has 1 N–H and O–H groups in total. The van der Waals surface area contributed by atoms with E-state index in [9.17, 15) is 0 Å². The Morgan fingerprint density at radius 2 is 1.42 bits per heavy atom. The minimum absolute atomic E-state index is 0.315. The summed E-state index contributed by atoms with van der Waals surface area (Å²) in [6.45, 7) is 13.2. The summed E-state index contributed by atoms with van der Waals surface area (Å²) in [5, 5.41) is 8.78. The number of hydrogen-bond donors (Lipinski definition) is 1. The van der Waals surface area contributed by atoms with Crippen molar-refractivity contribution < 1.29 is 14.4 Å². The minimum Gasteiger partial charge on any atom is -0.391 e. The molecule has 0 fully saturated rings. The highest BCUT2D eigenvalue weighted by atomic mass is 16.3. The fourth-order valence-corrected chi connectivity index (χ4v) is 1.36. The van der Waals surface area contributed by atoms with E-state index in [4.69, 9.17) is 9.90 Å². The van der Waals surface area contributed by atoms with Crippen LogP contribution in [0.2, 0.25) is 0 Å². The first-order valence-electron chi connectivity index (χ1n) is 4.49. The van der Waals surface area contributed by atoms with E-state index in [0.29, 0.717) is 6.61 Å². The van der Waals surface area contributed by atoms with Gasteiger partial charge in [0.1, 0.15) is 13.3 Å². The lowest BCUT2D eigenvalue weighted by atomic mass is 10.3. The maximum atomic E-state index is 8.78. The average Bonchev–Trinajstić information content (AvgIpc) is 2.18. The van der Waals surface area contributed by atoms with Crippen molar-refractivity contribution in [2.24, 2.45) is 0 Å². The molecule has 0 aromatic rings. The lowest BCUT2D eigenvalue weighted by Gasteiger charge is -2.34. The van der Waals surface area contributed by atoms with Gasteiger partial charge in [-0.15, -0.1) is 0 Å². The molecule has 12 heavy (non-hydrogen) atoms. The van der Waals surface area contributed by atoms with Crippen LogP contribution >= 0.6 is 0 Å². The van der Waals surface area contributed by atoms with Crippen LogP contribution < -0.4 is 0 Å². The first-order chi connectivity index (χ1) is 5.74. The van der Waals surface area contributed by atoms with Gasteiger partial charge in [-0.25, -0.2) is 0 Å². The van der Waals surface area contributed by atoms with Gasteiger partial charge in [-0.3, -0.25) is 0 Å². The van der Waals surface area contributed by atoms with Crippen molar-refractivity contribution in [2.75, 3.05) is 32.8 Å². The predicted octanol–water partition coefficient (Wildman–Crippen LogP) is 0.670. The van der Waals surface area contributed by atoms with Gasteiger partial charge in [-0.1, -0.05) is 0 Å². The normalized spacial score (nSPS) is 10.3. The molecule has 0 saturated heterocycles. The number of rotatable bonds is 5. The summed E-state index contributed by atoms with van der Waals surface area (Å²) < 4.78 is 1.05. The second kappa shape index (κ2) is 8.68. The molecule has 3 heteroatoms. The number of aliphatic hydroxyl groups excluding tert-OH is 1. The Morgan fingerprint density at radius 3 is 1.50 bits per heavy atom. The van der Waals surface area contributed by atoms with Gasteiger partial charge in [0.2, 0.25) is 0 Å². The highest BCUT2D eigenvalue weighted by Gasteiger charge is 2.18. The number of nitrogens with zero attached hydrogens (tertiary/aromatic N) is 1. The SMILES string of the molecule is C=O.CC[N+](CC)(CC)CCO. The molecule has 3 nitrogen and oxygen atoms in total. The van der Waals surface area contributed by atoms with E-state index in [0.717, 1.165) is 30.7 Å². The van der Waals surface area contributed by atoms with Gasteiger partial charge in [0.15, 0.2) is 0 Å². The maximum absolute atomic E-state index is 8.78. The number of hydrogen-bond acceptors (Lipinski definition) is 2. The summed E-state index contributed by atoms with van der Waals surface area (Å²) in [4.78, 5) is 8.00. The third kappa shape index (κ3) is 4.46. The van der Waals surface area contributed by atoms with Crippen molar-refractivity contribution in [2.45, 2.75) is 20.8 Å². The molecule has 0 amide bonds. The van der Waals surface area contributed by atoms with Gasteiger partial charge in [-0.2, -0.15) is 0 Å². The van der Waals surface area contributed by atoms with E-state index >= 15 is 0 Å². The van der Waals surface area contributed by atoms with Crippen LogP contribution in [-0.4, -0.2) is 49.2 Å². The fraction of sp³-hybridized carbons (Fsp3) is 0.889. The van der Waals surface area contributed by atoms with Crippen molar-refractivity contribution in [3.8, 4) is 0 Å². The summed E-state index contributed by atoms with van der Waals surface area (Å²) in [7, 11) is 0. The number of likely N-dealkylation sites (N-methyl/N-ethyl adjacent to an activating group) is 1. The van der Waals surface area contributed by atoms with Gasteiger partial charge in [-0.05, 0) is 20.8 Å². The molecular weight excluding hydrogens is 154 g/mol. The first-order valence-corrected chi connectivity index (χ1v) is 4.49. The maximum Gasteiger partial charge on any atom is 0.106 e. The molecule has 0 rings (SSSR count). The van der Waals surface area contributed by atoms with Crippen LogP contribution in [0.25, 0.3) is 0 Å². The largest absolute Gasteiger partial charge is 0.391 e. The highest BCUT2D eigenvalue weighted by molar-refractivity contribution is 5.10. The Hall–Kier alpha value is -0.410. The topological polar surface area (TPSA) is 37.3 Å². The van der Waals surface area contributed by atoms with E-state index in [2.05, 4.69) is 20.8 Å². The Bertz CT molecular complexity index is 84.3. The smallest absolute Gasteiger partial charge is 0.106 e. The zero-order chi connectivity index (χ0) is 10.0. The van der Waals surface area contributed by atoms with Crippen molar-refractivity contribution in [1.29, 1.82) is 0 Å². The number of carbonyl (C=O) groups is 1. The summed E-state index contributed by atoms with van der Waals surface area (Å²) >= 11 is 0. The van der Waals surface area contributed by atoms with Gasteiger partial charge in [0.25, 0.3) is 0 Å². The molecule has 0 aliphatic rings. The van der Waals surface area contributed by atoms with E-state index in [1.54, 1.807) is 0 Å². The van der Waals surface area contributed by atoms with Crippen molar-refractivity contribution >= 4 is 6.79 Å². The molecule has 0 aromatic heterocycles. The van der Waals surface area contributed by atoms with Crippen LogP contribution in [0.1, 0.15) is 20.8 Å². The molecule has 0 unspecified atom stereocenters. The first kappa shape index (κ1) is 14.1. The Labute approximate surface area is 75.6 Å². The predicted molar refractivity (Wildman–Crippen MR) is 51.0 cm³/mol. The molecule has 0 spiro atoms. The quantitative estimate of drug-likeness (QED) is 0.625. The second-order valence-electron chi connectivity index (χ2n) is 2.74. The Balaban J connectivity index is 0. The molecule has 0 heterocycles. The second-order valence-corrected chi connectivity index (χ2v) is 2.74. The lowest BCUT2D eigenvalue weighted by Crippen LogP contribution is -2.49. The molecule has 0 aliphatic heterocycles. The van der Waals surface area contributed by atoms with Crippen molar-refractivity contribution in [1.82, 2.24) is 0 Å². The van der Waals surface area contributed by atoms with Crippen molar-refractivity contribution in [3.63, 3.8) is 0 Å². The molecule has 0 aliphatic carbocycles. The Morgan fingerprint density at radius 1 is 1.08 bits per heavy atom. The molecule has 74 valence electrons. The average molecular weight is 176 g/mol. The third-order valence-corrected chi connectivity index (χ3v) is 2.59. The van der Waals surface area contributed by atoms with Gasteiger partial charge in [0.05, 0.1) is 26.2 Å². The van der Waals surface area contributed by atoms with E-state index < -0.39 is 0 Å². The van der Waals surface area contributed by atoms with E-state index in [1.807, 2.05) is 6.79 Å². The third-order valence-electron chi connectivity index (χ3n) is 2.59. The van der Waals surface area contributed by atoms with Crippen LogP contribution in [0, 0.1) is 0 Å². The van der Waals surface area contributed by atoms with Crippen LogP contribution in [0.4, 0.5) is 0 Å². The van der Waals surface area contributed by atoms with Crippen LogP contribution in [0.3, 0.4) is 0 Å². The molecular formula is C9H22NO2+. The van der Waals surface area contributed by atoms with Gasteiger partial charge < -0.3 is 14.4 Å². The molecule has 0 saturated carbocycles. The van der Waals surface area contributed by atoms with Gasteiger partial charge in [0, 0.05) is 0 Å². The van der Waals surface area contributed by atoms with Crippen LogP contribution in [0.5, 0.6) is 0 Å². The standard InChI is InChI=1S/C8H20NO.CH2O/c1-4-9(5-2,6-3)7-8-10;1-2/h10H,4-8H2,1-3H3;1H2/q+1;. The molecule has 0 bridgehead atoms. The van der Waals surface area contributed by atoms with Crippen LogP contribution in [0.15, 0.2) is 0 Å². The molecule has 0 atom stereocenters. The summed E-state index contributed by atoms with van der Waals surface area (Å²) in [6, 6.07) is 0. The minimum atomic E-state index is 0.315. The van der Waals surface area contributed by atoms with Crippen molar-refractivity contribution in [3.05, 3.63) is 0 Å². The molecule has 0 radical (unpaired) electrons.